The van der Waals surface area contributed by atoms with Crippen molar-refractivity contribution in [2.75, 3.05) is 11.5 Å². The summed E-state index contributed by atoms with van der Waals surface area (Å²) in [5.74, 6) is 0.764. The number of para-hydroxylation sites is 2. The van der Waals surface area contributed by atoms with E-state index in [0.717, 1.165) is 0 Å². The molecule has 0 aliphatic rings. The third-order valence-electron chi connectivity index (χ3n) is 3.49. The molecule has 0 aliphatic heterocycles. The van der Waals surface area contributed by atoms with Crippen molar-refractivity contribution in [3.05, 3.63) is 83.9 Å². The van der Waals surface area contributed by atoms with Gasteiger partial charge in [-0.2, -0.15) is 0 Å². The Hall–Kier alpha value is -3.27. The molecule has 114 valence electrons. The van der Waals surface area contributed by atoms with Gasteiger partial charge in [0.25, 0.3) is 0 Å². The van der Waals surface area contributed by atoms with Crippen molar-refractivity contribution in [2.45, 2.75) is 0 Å². The predicted octanol–water partition coefficient (Wildman–Crippen LogP) is 3.87. The number of ketones is 1. The molecule has 4 N–H and O–H groups in total. The minimum atomic E-state index is -0.108. The van der Waals surface area contributed by atoms with Gasteiger partial charge in [0.2, 0.25) is 0 Å². The van der Waals surface area contributed by atoms with Crippen LogP contribution in [0.3, 0.4) is 0 Å². The van der Waals surface area contributed by atoms with Gasteiger partial charge in [0, 0.05) is 5.56 Å². The van der Waals surface area contributed by atoms with E-state index >= 15 is 0 Å². The first-order valence-corrected chi connectivity index (χ1v) is 7.17. The number of nitrogen functional groups attached to an aromatic ring is 2. The van der Waals surface area contributed by atoms with Gasteiger partial charge in [-0.1, -0.05) is 48.5 Å². The molecule has 0 spiro atoms. The Labute approximate surface area is 134 Å². The first-order chi connectivity index (χ1) is 11.2. The Bertz CT molecular complexity index is 845. The van der Waals surface area contributed by atoms with Gasteiger partial charge in [-0.3, -0.25) is 4.79 Å². The van der Waals surface area contributed by atoms with E-state index in [9.17, 15) is 4.79 Å². The highest BCUT2D eigenvalue weighted by molar-refractivity contribution is 6.10. The van der Waals surface area contributed by atoms with Crippen LogP contribution in [-0.4, -0.2) is 5.78 Å². The number of benzene rings is 3. The van der Waals surface area contributed by atoms with Crippen LogP contribution in [0.25, 0.3) is 0 Å². The van der Waals surface area contributed by atoms with Gasteiger partial charge in [-0.05, 0) is 24.3 Å². The van der Waals surface area contributed by atoms with Crippen LogP contribution < -0.4 is 16.2 Å². The second-order valence-corrected chi connectivity index (χ2v) is 5.05. The molecule has 0 saturated carbocycles. The Morgan fingerprint density at radius 2 is 1.39 bits per heavy atom. The Morgan fingerprint density at radius 3 is 2.17 bits per heavy atom. The summed E-state index contributed by atoms with van der Waals surface area (Å²) in [6, 6.07) is 21.3. The van der Waals surface area contributed by atoms with E-state index in [2.05, 4.69) is 0 Å². The van der Waals surface area contributed by atoms with Crippen molar-refractivity contribution in [3.8, 4) is 11.5 Å². The van der Waals surface area contributed by atoms with Gasteiger partial charge >= 0.3 is 0 Å². The molecule has 0 amide bonds. The Kier molecular flexibility index (Phi) is 3.97. The molecule has 0 atom stereocenters. The van der Waals surface area contributed by atoms with Gasteiger partial charge in [-0.25, -0.2) is 0 Å². The summed E-state index contributed by atoms with van der Waals surface area (Å²) in [5, 5.41) is 0. The van der Waals surface area contributed by atoms with Gasteiger partial charge in [0.1, 0.15) is 5.75 Å². The summed E-state index contributed by atoms with van der Waals surface area (Å²) in [4.78, 5) is 12.7. The van der Waals surface area contributed by atoms with Crippen LogP contribution in [0.4, 0.5) is 11.4 Å². The lowest BCUT2D eigenvalue weighted by Gasteiger charge is -2.13. The molecular formula is C19H16N2O2. The van der Waals surface area contributed by atoms with Crippen molar-refractivity contribution in [1.29, 1.82) is 0 Å². The average molecular weight is 304 g/mol. The molecule has 3 aromatic carbocycles. The van der Waals surface area contributed by atoms with Crippen molar-refractivity contribution in [3.63, 3.8) is 0 Å². The third-order valence-corrected chi connectivity index (χ3v) is 3.49. The number of hydrogen-bond acceptors (Lipinski definition) is 4. The monoisotopic (exact) mass is 304 g/mol. The maximum Gasteiger partial charge on any atom is 0.196 e. The van der Waals surface area contributed by atoms with E-state index in [1.807, 2.05) is 18.2 Å². The lowest BCUT2D eigenvalue weighted by molar-refractivity contribution is 0.103. The molecule has 4 heteroatoms. The van der Waals surface area contributed by atoms with Crippen LogP contribution in [0.2, 0.25) is 0 Å². The summed E-state index contributed by atoms with van der Waals surface area (Å²) >= 11 is 0. The van der Waals surface area contributed by atoms with E-state index in [4.69, 9.17) is 16.2 Å². The minimum absolute atomic E-state index is 0.108. The van der Waals surface area contributed by atoms with Crippen molar-refractivity contribution in [1.82, 2.24) is 0 Å². The number of carbonyl (C=O) groups excluding carboxylic acids is 1. The smallest absolute Gasteiger partial charge is 0.196 e. The van der Waals surface area contributed by atoms with Gasteiger partial charge in [-0.15, -0.1) is 0 Å². The van der Waals surface area contributed by atoms with Crippen LogP contribution in [0.1, 0.15) is 15.9 Å². The zero-order chi connectivity index (χ0) is 16.2. The highest BCUT2D eigenvalue weighted by Gasteiger charge is 2.15. The standard InChI is InChI=1S/C19H16N2O2/c20-15-10-6-12-17(18(15)21)23-16-11-5-4-9-14(16)19(22)13-7-2-1-3-8-13/h1-12H,20-21H2. The zero-order valence-electron chi connectivity index (χ0n) is 12.4. The van der Waals surface area contributed by atoms with E-state index in [0.29, 0.717) is 34.0 Å². The second-order valence-electron chi connectivity index (χ2n) is 5.05. The zero-order valence-corrected chi connectivity index (χ0v) is 12.4. The number of nitrogens with two attached hydrogens (primary N) is 2. The third kappa shape index (κ3) is 3.01. The molecule has 0 unspecified atom stereocenters. The van der Waals surface area contributed by atoms with Gasteiger partial charge < -0.3 is 16.2 Å². The molecule has 0 saturated heterocycles. The summed E-state index contributed by atoms with van der Waals surface area (Å²) in [5.41, 5.74) is 13.6. The fraction of sp³-hybridized carbons (Fsp3) is 0. The maximum absolute atomic E-state index is 12.7. The number of rotatable bonds is 4. The van der Waals surface area contributed by atoms with Gasteiger partial charge in [0.15, 0.2) is 11.5 Å². The van der Waals surface area contributed by atoms with Crippen molar-refractivity contribution in [2.24, 2.45) is 0 Å². The summed E-state index contributed by atoms with van der Waals surface area (Å²) in [7, 11) is 0. The second kappa shape index (κ2) is 6.23. The fourth-order valence-electron chi connectivity index (χ4n) is 2.26. The van der Waals surface area contributed by atoms with E-state index in [1.165, 1.54) is 0 Å². The molecule has 23 heavy (non-hydrogen) atoms. The summed E-state index contributed by atoms with van der Waals surface area (Å²) in [6.45, 7) is 0. The average Bonchev–Trinajstić information content (AvgIpc) is 2.60. The lowest BCUT2D eigenvalue weighted by Crippen LogP contribution is -2.04. The molecule has 0 radical (unpaired) electrons. The predicted molar refractivity (Wildman–Crippen MR) is 91.7 cm³/mol. The topological polar surface area (TPSA) is 78.3 Å². The number of anilines is 2. The number of hydrogen-bond donors (Lipinski definition) is 2. The van der Waals surface area contributed by atoms with Crippen LogP contribution >= 0.6 is 0 Å². The molecule has 0 heterocycles. The SMILES string of the molecule is Nc1cccc(Oc2ccccc2C(=O)c2ccccc2)c1N. The Balaban J connectivity index is 1.98. The van der Waals surface area contributed by atoms with Crippen LogP contribution in [-0.2, 0) is 0 Å². The van der Waals surface area contributed by atoms with Crippen LogP contribution in [0, 0.1) is 0 Å². The minimum Gasteiger partial charge on any atom is -0.454 e. The van der Waals surface area contributed by atoms with Crippen LogP contribution in [0.15, 0.2) is 72.8 Å². The van der Waals surface area contributed by atoms with Crippen molar-refractivity contribution < 1.29 is 9.53 Å². The largest absolute Gasteiger partial charge is 0.454 e. The number of carbonyl (C=O) groups is 1. The first kappa shape index (κ1) is 14.7. The molecule has 0 fully saturated rings. The number of ether oxygens (including phenoxy) is 1. The van der Waals surface area contributed by atoms with E-state index in [1.54, 1.807) is 54.6 Å². The molecule has 4 nitrogen and oxygen atoms in total. The van der Waals surface area contributed by atoms with Crippen molar-refractivity contribution >= 4 is 17.2 Å². The first-order valence-electron chi connectivity index (χ1n) is 7.17. The highest BCUT2D eigenvalue weighted by atomic mass is 16.5. The van der Waals surface area contributed by atoms with E-state index < -0.39 is 0 Å². The molecule has 0 aliphatic carbocycles. The molecule has 3 rings (SSSR count). The molecule has 0 bridgehead atoms. The Morgan fingerprint density at radius 1 is 0.739 bits per heavy atom. The fourth-order valence-corrected chi connectivity index (χ4v) is 2.26. The molecular weight excluding hydrogens is 288 g/mol. The normalized spacial score (nSPS) is 10.3. The van der Waals surface area contributed by atoms with E-state index in [-0.39, 0.29) is 5.78 Å². The highest BCUT2D eigenvalue weighted by Crippen LogP contribution is 2.33. The lowest BCUT2D eigenvalue weighted by atomic mass is 10.0. The maximum atomic E-state index is 12.7. The van der Waals surface area contributed by atoms with Gasteiger partial charge in [0.05, 0.1) is 16.9 Å². The quantitative estimate of drug-likeness (QED) is 0.566. The summed E-state index contributed by atoms with van der Waals surface area (Å²) in [6.07, 6.45) is 0. The molecule has 3 aromatic rings. The summed E-state index contributed by atoms with van der Waals surface area (Å²) < 4.78 is 5.84. The molecule has 0 aromatic heterocycles. The van der Waals surface area contributed by atoms with Crippen LogP contribution in [0.5, 0.6) is 11.5 Å².